The van der Waals surface area contributed by atoms with Crippen LogP contribution in [0.2, 0.25) is 0 Å². The lowest BCUT2D eigenvalue weighted by molar-refractivity contribution is 1.38. The molecule has 80 valence electrons. The van der Waals surface area contributed by atoms with Gasteiger partial charge < -0.3 is 4.98 Å². The minimum atomic E-state index is 0.567. The molecule has 1 heterocycles. The summed E-state index contributed by atoms with van der Waals surface area (Å²) in [5.74, 6) is 0. The SMILES string of the molecule is N#C/C(=C/c1ccc[nH]1)c1ccc(C#N)cc1. The van der Waals surface area contributed by atoms with Crippen molar-refractivity contribution < 1.29 is 0 Å². The van der Waals surface area contributed by atoms with Gasteiger partial charge in [0.2, 0.25) is 0 Å². The van der Waals surface area contributed by atoms with Gasteiger partial charge in [-0.2, -0.15) is 10.5 Å². The number of H-pyrrole nitrogens is 1. The maximum atomic E-state index is 9.11. The molecule has 0 amide bonds. The molecule has 2 aromatic rings. The Balaban J connectivity index is 2.37. The molecule has 0 saturated heterocycles. The Hall–Kier alpha value is -2.78. The van der Waals surface area contributed by atoms with Crippen LogP contribution in [-0.2, 0) is 0 Å². The van der Waals surface area contributed by atoms with E-state index in [1.807, 2.05) is 18.2 Å². The number of rotatable bonds is 2. The fourth-order valence-electron chi connectivity index (χ4n) is 1.49. The van der Waals surface area contributed by atoms with Crippen molar-refractivity contribution in [2.24, 2.45) is 0 Å². The van der Waals surface area contributed by atoms with Gasteiger partial charge in [-0.05, 0) is 35.9 Å². The Morgan fingerprint density at radius 3 is 2.41 bits per heavy atom. The summed E-state index contributed by atoms with van der Waals surface area (Å²) in [5, 5.41) is 17.8. The van der Waals surface area contributed by atoms with Gasteiger partial charge in [-0.1, -0.05) is 12.1 Å². The van der Waals surface area contributed by atoms with E-state index in [1.54, 1.807) is 36.5 Å². The number of nitrogens with zero attached hydrogens (tertiary/aromatic N) is 2. The molecule has 17 heavy (non-hydrogen) atoms. The number of hydrogen-bond acceptors (Lipinski definition) is 2. The van der Waals surface area contributed by atoms with E-state index in [-0.39, 0.29) is 0 Å². The van der Waals surface area contributed by atoms with E-state index in [9.17, 15) is 0 Å². The molecule has 0 bridgehead atoms. The van der Waals surface area contributed by atoms with Gasteiger partial charge in [0.15, 0.2) is 0 Å². The van der Waals surface area contributed by atoms with E-state index < -0.39 is 0 Å². The number of benzene rings is 1. The molecule has 1 aromatic carbocycles. The third-order valence-electron chi connectivity index (χ3n) is 2.37. The minimum absolute atomic E-state index is 0.567. The highest BCUT2D eigenvalue weighted by molar-refractivity contribution is 5.89. The molecule has 0 radical (unpaired) electrons. The van der Waals surface area contributed by atoms with Crippen LogP contribution < -0.4 is 0 Å². The van der Waals surface area contributed by atoms with E-state index in [2.05, 4.69) is 11.1 Å². The maximum absolute atomic E-state index is 9.11. The van der Waals surface area contributed by atoms with Gasteiger partial charge in [0.25, 0.3) is 0 Å². The van der Waals surface area contributed by atoms with E-state index in [4.69, 9.17) is 10.5 Å². The highest BCUT2D eigenvalue weighted by Crippen LogP contribution is 2.17. The van der Waals surface area contributed by atoms with Crippen molar-refractivity contribution in [3.63, 3.8) is 0 Å². The topological polar surface area (TPSA) is 63.4 Å². The number of nitrogens with one attached hydrogen (secondary N) is 1. The first-order chi connectivity index (χ1) is 8.33. The van der Waals surface area contributed by atoms with Crippen LogP contribution in [0.4, 0.5) is 0 Å². The average Bonchev–Trinajstić information content (AvgIpc) is 2.89. The quantitative estimate of drug-likeness (QED) is 0.789. The Kier molecular flexibility index (Phi) is 3.05. The highest BCUT2D eigenvalue weighted by atomic mass is 14.7. The predicted molar refractivity (Wildman–Crippen MR) is 65.4 cm³/mol. The van der Waals surface area contributed by atoms with Gasteiger partial charge in [0.05, 0.1) is 23.3 Å². The number of aromatic amines is 1. The lowest BCUT2D eigenvalue weighted by Gasteiger charge is -1.98. The number of allylic oxidation sites excluding steroid dienone is 1. The standard InChI is InChI=1S/C14H9N3/c15-9-11-3-5-12(6-4-11)13(10-16)8-14-2-1-7-17-14/h1-8,17H/b13-8-. The van der Waals surface area contributed by atoms with Crippen LogP contribution >= 0.6 is 0 Å². The molecule has 1 aromatic heterocycles. The summed E-state index contributed by atoms with van der Waals surface area (Å²) in [6.07, 6.45) is 3.58. The molecule has 0 aliphatic heterocycles. The van der Waals surface area contributed by atoms with Crippen LogP contribution in [0.1, 0.15) is 16.8 Å². The first-order valence-electron chi connectivity index (χ1n) is 5.09. The highest BCUT2D eigenvalue weighted by Gasteiger charge is 2.01. The van der Waals surface area contributed by atoms with Gasteiger partial charge in [0.1, 0.15) is 0 Å². The van der Waals surface area contributed by atoms with Gasteiger partial charge in [-0.25, -0.2) is 0 Å². The average molecular weight is 219 g/mol. The molecule has 0 atom stereocenters. The summed E-state index contributed by atoms with van der Waals surface area (Å²) in [4.78, 5) is 3.01. The van der Waals surface area contributed by atoms with Crippen LogP contribution in [0.5, 0.6) is 0 Å². The zero-order valence-electron chi connectivity index (χ0n) is 9.01. The summed E-state index contributed by atoms with van der Waals surface area (Å²) >= 11 is 0. The summed E-state index contributed by atoms with van der Waals surface area (Å²) < 4.78 is 0. The van der Waals surface area contributed by atoms with E-state index in [1.165, 1.54) is 0 Å². The molecule has 0 saturated carbocycles. The molecule has 0 aliphatic rings. The second-order valence-corrected chi connectivity index (χ2v) is 3.48. The number of nitriles is 2. The number of hydrogen-bond donors (Lipinski definition) is 1. The minimum Gasteiger partial charge on any atom is -0.362 e. The monoisotopic (exact) mass is 219 g/mol. The molecular formula is C14H9N3. The maximum Gasteiger partial charge on any atom is 0.0998 e. The molecular weight excluding hydrogens is 210 g/mol. The van der Waals surface area contributed by atoms with Crippen LogP contribution in [-0.4, -0.2) is 4.98 Å². The summed E-state index contributed by atoms with van der Waals surface area (Å²) in [5.41, 5.74) is 2.84. The van der Waals surface area contributed by atoms with E-state index in [0.717, 1.165) is 11.3 Å². The summed E-state index contributed by atoms with van der Waals surface area (Å²) in [6, 6.07) is 14.9. The van der Waals surface area contributed by atoms with Crippen molar-refractivity contribution in [3.8, 4) is 12.1 Å². The van der Waals surface area contributed by atoms with Gasteiger partial charge in [-0.15, -0.1) is 0 Å². The second kappa shape index (κ2) is 4.83. The van der Waals surface area contributed by atoms with Gasteiger partial charge >= 0.3 is 0 Å². The Bertz CT molecular complexity index is 605. The lowest BCUT2D eigenvalue weighted by atomic mass is 10.0. The summed E-state index contributed by atoms with van der Waals surface area (Å²) in [6.45, 7) is 0. The molecule has 1 N–H and O–H groups in total. The van der Waals surface area contributed by atoms with Crippen molar-refractivity contribution in [2.75, 3.05) is 0 Å². The van der Waals surface area contributed by atoms with Crippen LogP contribution in [0.15, 0.2) is 42.6 Å². The Labute approximate surface area is 99.3 Å². The lowest BCUT2D eigenvalue weighted by Crippen LogP contribution is -1.83. The van der Waals surface area contributed by atoms with Crippen molar-refractivity contribution >= 4 is 11.6 Å². The van der Waals surface area contributed by atoms with Crippen LogP contribution in [0, 0.1) is 22.7 Å². The third kappa shape index (κ3) is 2.42. The first-order valence-corrected chi connectivity index (χ1v) is 5.09. The Morgan fingerprint density at radius 2 is 1.88 bits per heavy atom. The second-order valence-electron chi connectivity index (χ2n) is 3.48. The third-order valence-corrected chi connectivity index (χ3v) is 2.37. The molecule has 0 fully saturated rings. The molecule has 0 unspecified atom stereocenters. The van der Waals surface area contributed by atoms with Gasteiger partial charge in [0, 0.05) is 11.9 Å². The summed E-state index contributed by atoms with van der Waals surface area (Å²) in [7, 11) is 0. The number of aromatic nitrogens is 1. The fraction of sp³-hybridized carbons (Fsp3) is 0. The molecule has 3 nitrogen and oxygen atoms in total. The van der Waals surface area contributed by atoms with Crippen molar-refractivity contribution in [3.05, 3.63) is 59.4 Å². The first kappa shape index (κ1) is 10.7. The largest absolute Gasteiger partial charge is 0.362 e. The van der Waals surface area contributed by atoms with Crippen molar-refractivity contribution in [2.45, 2.75) is 0 Å². The van der Waals surface area contributed by atoms with E-state index in [0.29, 0.717) is 11.1 Å². The Morgan fingerprint density at radius 1 is 1.12 bits per heavy atom. The molecule has 0 spiro atoms. The van der Waals surface area contributed by atoms with E-state index >= 15 is 0 Å². The molecule has 2 rings (SSSR count). The molecule has 0 aliphatic carbocycles. The van der Waals surface area contributed by atoms with Gasteiger partial charge in [-0.3, -0.25) is 0 Å². The zero-order valence-corrected chi connectivity index (χ0v) is 9.01. The zero-order chi connectivity index (χ0) is 12.1. The smallest absolute Gasteiger partial charge is 0.0998 e. The van der Waals surface area contributed by atoms with Crippen LogP contribution in [0.25, 0.3) is 11.6 Å². The molecule has 3 heteroatoms. The van der Waals surface area contributed by atoms with Crippen molar-refractivity contribution in [1.29, 1.82) is 10.5 Å². The predicted octanol–water partition coefficient (Wildman–Crippen LogP) is 2.95. The fourth-order valence-corrected chi connectivity index (χ4v) is 1.49. The van der Waals surface area contributed by atoms with Crippen LogP contribution in [0.3, 0.4) is 0 Å². The van der Waals surface area contributed by atoms with Crippen molar-refractivity contribution in [1.82, 2.24) is 4.98 Å². The normalized spacial score (nSPS) is 10.6.